The van der Waals surface area contributed by atoms with Gasteiger partial charge in [0.05, 0.1) is 5.52 Å². The number of ether oxygens (including phenoxy) is 1. The van der Waals surface area contributed by atoms with Gasteiger partial charge >= 0.3 is 5.97 Å². The quantitative estimate of drug-likeness (QED) is 0.330. The molecule has 0 spiro atoms. The molecule has 0 aliphatic carbocycles. The molecule has 0 unspecified atom stereocenters. The van der Waals surface area contributed by atoms with Gasteiger partial charge in [-0.1, -0.05) is 57.5 Å². The molecule has 0 fully saturated rings. The molecule has 4 rings (SSSR count). The minimum absolute atomic E-state index is 0.0992. The van der Waals surface area contributed by atoms with Gasteiger partial charge in [-0.05, 0) is 24.3 Å². The molecule has 0 amide bonds. The molecule has 2 aromatic carbocycles. The maximum absolute atomic E-state index is 12.0. The molecule has 0 bridgehead atoms. The maximum Gasteiger partial charge on any atom is 0.331 e. The average Bonchev–Trinajstić information content (AvgIpc) is 3.20. The smallest absolute Gasteiger partial charge is 0.331 e. The molecule has 0 saturated carbocycles. The van der Waals surface area contributed by atoms with Crippen molar-refractivity contribution in [2.45, 2.75) is 6.61 Å². The molecule has 0 aliphatic heterocycles. The molecule has 0 atom stereocenters. The van der Waals surface area contributed by atoms with E-state index in [0.717, 1.165) is 26.5 Å². The SMILES string of the molecule is O=C(/C=C/c1cccc2cccnc12)OCc1nc(-c2cccc(Br)c2)no1. The highest BCUT2D eigenvalue weighted by Gasteiger charge is 2.10. The lowest BCUT2D eigenvalue weighted by Crippen LogP contribution is -2.01. The average molecular weight is 436 g/mol. The number of carbonyl (C=O) groups is 1. The normalized spacial score (nSPS) is 11.2. The van der Waals surface area contributed by atoms with Gasteiger partial charge in [-0.25, -0.2) is 4.79 Å². The van der Waals surface area contributed by atoms with E-state index in [9.17, 15) is 4.79 Å². The summed E-state index contributed by atoms with van der Waals surface area (Å²) in [6.07, 6.45) is 4.75. The molecule has 0 saturated heterocycles. The van der Waals surface area contributed by atoms with E-state index in [1.165, 1.54) is 6.08 Å². The zero-order valence-corrected chi connectivity index (χ0v) is 16.2. The van der Waals surface area contributed by atoms with Crippen LogP contribution < -0.4 is 0 Å². The molecule has 138 valence electrons. The van der Waals surface area contributed by atoms with Gasteiger partial charge in [0, 0.05) is 33.3 Å². The summed E-state index contributed by atoms with van der Waals surface area (Å²) in [5, 5.41) is 4.91. The fourth-order valence-electron chi connectivity index (χ4n) is 2.66. The Kier molecular flexibility index (Phi) is 5.25. The van der Waals surface area contributed by atoms with Gasteiger partial charge in [0.1, 0.15) is 0 Å². The summed E-state index contributed by atoms with van der Waals surface area (Å²) in [5.41, 5.74) is 2.47. The van der Waals surface area contributed by atoms with E-state index in [4.69, 9.17) is 9.26 Å². The predicted octanol–water partition coefficient (Wildman–Crippen LogP) is 4.80. The third kappa shape index (κ3) is 4.15. The Morgan fingerprint density at radius 1 is 1.14 bits per heavy atom. The Labute approximate surface area is 169 Å². The van der Waals surface area contributed by atoms with Crippen LogP contribution in [-0.2, 0) is 16.1 Å². The number of hydrogen-bond donors (Lipinski definition) is 0. The van der Waals surface area contributed by atoms with Crippen molar-refractivity contribution in [3.05, 3.63) is 82.8 Å². The van der Waals surface area contributed by atoms with E-state index in [-0.39, 0.29) is 12.5 Å². The molecule has 7 heteroatoms. The highest BCUT2D eigenvalue weighted by Crippen LogP contribution is 2.20. The number of para-hydroxylation sites is 1. The number of rotatable bonds is 5. The first-order chi connectivity index (χ1) is 13.7. The largest absolute Gasteiger partial charge is 0.452 e. The molecule has 28 heavy (non-hydrogen) atoms. The van der Waals surface area contributed by atoms with Crippen LogP contribution in [0.1, 0.15) is 11.5 Å². The van der Waals surface area contributed by atoms with E-state index in [1.807, 2.05) is 54.6 Å². The third-order valence-electron chi connectivity index (χ3n) is 3.95. The summed E-state index contributed by atoms with van der Waals surface area (Å²) < 4.78 is 11.2. The minimum atomic E-state index is -0.505. The lowest BCUT2D eigenvalue weighted by molar-refractivity contribution is -0.139. The number of halogens is 1. The summed E-state index contributed by atoms with van der Waals surface area (Å²) in [7, 11) is 0. The third-order valence-corrected chi connectivity index (χ3v) is 4.44. The summed E-state index contributed by atoms with van der Waals surface area (Å²) in [4.78, 5) is 20.6. The first-order valence-electron chi connectivity index (χ1n) is 8.46. The Morgan fingerprint density at radius 2 is 2.00 bits per heavy atom. The van der Waals surface area contributed by atoms with Crippen LogP contribution in [0.5, 0.6) is 0 Å². The number of hydrogen-bond acceptors (Lipinski definition) is 6. The van der Waals surface area contributed by atoms with Crippen molar-refractivity contribution >= 4 is 38.9 Å². The monoisotopic (exact) mass is 435 g/mol. The lowest BCUT2D eigenvalue weighted by Gasteiger charge is -2.00. The van der Waals surface area contributed by atoms with Crippen molar-refractivity contribution in [3.8, 4) is 11.4 Å². The van der Waals surface area contributed by atoms with Gasteiger partial charge in [-0.2, -0.15) is 4.98 Å². The Balaban J connectivity index is 1.40. The van der Waals surface area contributed by atoms with E-state index in [2.05, 4.69) is 31.1 Å². The Bertz CT molecular complexity index is 1170. The summed E-state index contributed by atoms with van der Waals surface area (Å²) in [6, 6.07) is 17.1. The van der Waals surface area contributed by atoms with Crippen molar-refractivity contribution in [1.82, 2.24) is 15.1 Å². The van der Waals surface area contributed by atoms with Crippen LogP contribution in [0.4, 0.5) is 0 Å². The van der Waals surface area contributed by atoms with Crippen LogP contribution in [0.2, 0.25) is 0 Å². The van der Waals surface area contributed by atoms with E-state index >= 15 is 0 Å². The standard InChI is InChI=1S/C21H14BrN3O3/c22-17-8-2-6-16(12-17)21-24-18(28-25-21)13-27-19(26)10-9-15-5-1-4-14-7-3-11-23-20(14)15/h1-12H,13H2/b10-9+. The summed E-state index contributed by atoms with van der Waals surface area (Å²) in [5.74, 6) is 0.156. The molecule has 4 aromatic rings. The highest BCUT2D eigenvalue weighted by molar-refractivity contribution is 9.10. The number of aromatic nitrogens is 3. The molecular formula is C21H14BrN3O3. The fraction of sp³-hybridized carbons (Fsp3) is 0.0476. The van der Waals surface area contributed by atoms with Crippen LogP contribution in [0.25, 0.3) is 28.4 Å². The van der Waals surface area contributed by atoms with E-state index < -0.39 is 5.97 Å². The predicted molar refractivity (Wildman–Crippen MR) is 108 cm³/mol. The van der Waals surface area contributed by atoms with Gasteiger partial charge in [0.25, 0.3) is 5.89 Å². The maximum atomic E-state index is 12.0. The molecule has 0 N–H and O–H groups in total. The van der Waals surface area contributed by atoms with Crippen LogP contribution >= 0.6 is 15.9 Å². The summed E-state index contributed by atoms with van der Waals surface area (Å²) in [6.45, 7) is -0.0992. The number of carbonyl (C=O) groups excluding carboxylic acids is 1. The Morgan fingerprint density at radius 3 is 2.89 bits per heavy atom. The van der Waals surface area contributed by atoms with Crippen molar-refractivity contribution in [1.29, 1.82) is 0 Å². The topological polar surface area (TPSA) is 78.1 Å². The van der Waals surface area contributed by atoms with Gasteiger partial charge < -0.3 is 9.26 Å². The van der Waals surface area contributed by atoms with Crippen LogP contribution in [0.3, 0.4) is 0 Å². The number of nitrogens with zero attached hydrogens (tertiary/aromatic N) is 3. The zero-order chi connectivity index (χ0) is 19.3. The second-order valence-electron chi connectivity index (χ2n) is 5.89. The molecule has 2 heterocycles. The minimum Gasteiger partial charge on any atom is -0.452 e. The van der Waals surface area contributed by atoms with Gasteiger partial charge in [0.2, 0.25) is 5.82 Å². The van der Waals surface area contributed by atoms with Crippen molar-refractivity contribution in [2.75, 3.05) is 0 Å². The van der Waals surface area contributed by atoms with Crippen molar-refractivity contribution in [2.24, 2.45) is 0 Å². The number of esters is 1. The van der Waals surface area contributed by atoms with E-state index in [0.29, 0.717) is 5.82 Å². The van der Waals surface area contributed by atoms with Crippen molar-refractivity contribution in [3.63, 3.8) is 0 Å². The number of fused-ring (bicyclic) bond motifs is 1. The van der Waals surface area contributed by atoms with Gasteiger partial charge in [-0.15, -0.1) is 0 Å². The number of benzene rings is 2. The number of pyridine rings is 1. The first-order valence-corrected chi connectivity index (χ1v) is 9.25. The van der Waals surface area contributed by atoms with E-state index in [1.54, 1.807) is 12.3 Å². The van der Waals surface area contributed by atoms with Crippen LogP contribution in [0.15, 0.2) is 75.9 Å². The first kappa shape index (κ1) is 18.1. The lowest BCUT2D eigenvalue weighted by atomic mass is 10.1. The molecule has 0 aliphatic rings. The van der Waals surface area contributed by atoms with Gasteiger partial charge in [-0.3, -0.25) is 4.98 Å². The van der Waals surface area contributed by atoms with Crippen LogP contribution in [-0.4, -0.2) is 21.1 Å². The second kappa shape index (κ2) is 8.14. The highest BCUT2D eigenvalue weighted by atomic mass is 79.9. The second-order valence-corrected chi connectivity index (χ2v) is 6.80. The molecule has 6 nitrogen and oxygen atoms in total. The van der Waals surface area contributed by atoms with Gasteiger partial charge in [0.15, 0.2) is 6.61 Å². The molecular weight excluding hydrogens is 422 g/mol. The Hall–Kier alpha value is -3.32. The fourth-order valence-corrected chi connectivity index (χ4v) is 3.06. The molecule has 0 radical (unpaired) electrons. The van der Waals surface area contributed by atoms with Crippen LogP contribution in [0, 0.1) is 0 Å². The summed E-state index contributed by atoms with van der Waals surface area (Å²) >= 11 is 3.40. The molecule has 2 aromatic heterocycles. The zero-order valence-electron chi connectivity index (χ0n) is 14.6. The van der Waals surface area contributed by atoms with Crippen molar-refractivity contribution < 1.29 is 14.1 Å².